The molecule has 2 N–H and O–H groups in total. The summed E-state index contributed by atoms with van der Waals surface area (Å²) in [5.74, 6) is -0.178. The fourth-order valence-electron chi connectivity index (χ4n) is 4.62. The van der Waals surface area contributed by atoms with Crippen LogP contribution in [0.1, 0.15) is 60.6 Å². The molecule has 1 fully saturated rings. The molecule has 5 nitrogen and oxygen atoms in total. The van der Waals surface area contributed by atoms with Gasteiger partial charge in [-0.05, 0) is 54.6 Å². The van der Waals surface area contributed by atoms with E-state index in [1.54, 1.807) is 0 Å². The summed E-state index contributed by atoms with van der Waals surface area (Å²) in [6.07, 6.45) is 2.02. The lowest BCUT2D eigenvalue weighted by molar-refractivity contribution is -0.137. The fraction of sp³-hybridized carbons (Fsp3) is 0.407. The molecule has 0 unspecified atom stereocenters. The molecule has 2 aromatic carbocycles. The zero-order valence-electron chi connectivity index (χ0n) is 20.3. The molecule has 1 amide bonds. The zero-order valence-corrected chi connectivity index (χ0v) is 21.0. The number of halogens is 4. The normalized spacial score (nSPS) is 17.2. The third kappa shape index (κ3) is 6.10. The van der Waals surface area contributed by atoms with Crippen LogP contribution >= 0.6 is 11.6 Å². The number of amides is 1. The number of carbonyl (C=O) groups excluding carboxylic acids is 1. The summed E-state index contributed by atoms with van der Waals surface area (Å²) >= 11 is 6.04. The Kier molecular flexibility index (Phi) is 8.05. The highest BCUT2D eigenvalue weighted by molar-refractivity contribution is 6.34. The van der Waals surface area contributed by atoms with Gasteiger partial charge in [0.1, 0.15) is 0 Å². The van der Waals surface area contributed by atoms with Gasteiger partial charge in [0, 0.05) is 24.3 Å². The molecular formula is C27H30ClF3N4O. The van der Waals surface area contributed by atoms with E-state index >= 15 is 0 Å². The minimum atomic E-state index is -4.65. The van der Waals surface area contributed by atoms with Gasteiger partial charge in [-0.1, -0.05) is 56.1 Å². The molecule has 2 atom stereocenters. The summed E-state index contributed by atoms with van der Waals surface area (Å²) in [6.45, 7) is 5.87. The maximum Gasteiger partial charge on any atom is 0.417 e. The molecule has 3 aromatic rings. The first-order valence-electron chi connectivity index (χ1n) is 12.2. The van der Waals surface area contributed by atoms with E-state index in [1.807, 2.05) is 41.3 Å². The average Bonchev–Trinajstić information content (AvgIpc) is 3.30. The molecule has 1 aromatic heterocycles. The van der Waals surface area contributed by atoms with Crippen molar-refractivity contribution in [2.45, 2.75) is 57.9 Å². The van der Waals surface area contributed by atoms with E-state index in [2.05, 4.69) is 29.6 Å². The Bertz CT molecular complexity index is 1200. The largest absolute Gasteiger partial charge is 0.417 e. The molecule has 0 spiro atoms. The monoisotopic (exact) mass is 518 g/mol. The second kappa shape index (κ2) is 11.0. The molecule has 0 bridgehead atoms. The van der Waals surface area contributed by atoms with Crippen LogP contribution in [0.15, 0.2) is 54.9 Å². The molecule has 0 saturated carbocycles. The van der Waals surface area contributed by atoms with Gasteiger partial charge in [-0.3, -0.25) is 9.48 Å². The first-order chi connectivity index (χ1) is 17.1. The summed E-state index contributed by atoms with van der Waals surface area (Å²) in [4.78, 5) is 13.2. The first-order valence-corrected chi connectivity index (χ1v) is 12.5. The van der Waals surface area contributed by atoms with Crippen LogP contribution in [0.2, 0.25) is 5.02 Å². The predicted octanol–water partition coefficient (Wildman–Crippen LogP) is 6.49. The van der Waals surface area contributed by atoms with Crippen molar-refractivity contribution in [3.63, 3.8) is 0 Å². The fourth-order valence-corrected chi connectivity index (χ4v) is 4.94. The molecule has 36 heavy (non-hydrogen) atoms. The van der Waals surface area contributed by atoms with Crippen molar-refractivity contribution < 1.29 is 18.0 Å². The molecule has 1 aliphatic rings. The number of carbonyl (C=O) groups is 1. The van der Waals surface area contributed by atoms with Gasteiger partial charge in [-0.15, -0.1) is 0 Å². The Morgan fingerprint density at radius 3 is 2.67 bits per heavy atom. The molecule has 0 aliphatic carbocycles. The Morgan fingerprint density at radius 1 is 1.19 bits per heavy atom. The molecule has 2 heterocycles. The SMILES string of the molecule is CC(C)Cn1cc(-c2cccc([C@H](NC(=O)c3cccc(C(F)(F)F)c3Cl)[C@@H]3CCCCN3)c2)cn1. The van der Waals surface area contributed by atoms with Gasteiger partial charge in [0.2, 0.25) is 0 Å². The Labute approximate surface area is 214 Å². The Hall–Kier alpha value is -2.84. The third-order valence-electron chi connectivity index (χ3n) is 6.35. The number of alkyl halides is 3. The second-order valence-corrected chi connectivity index (χ2v) is 10.0. The highest BCUT2D eigenvalue weighted by atomic mass is 35.5. The number of hydrogen-bond acceptors (Lipinski definition) is 3. The van der Waals surface area contributed by atoms with E-state index in [4.69, 9.17) is 11.6 Å². The summed E-state index contributed by atoms with van der Waals surface area (Å²) in [5.41, 5.74) is 1.55. The van der Waals surface area contributed by atoms with Crippen molar-refractivity contribution in [2.75, 3.05) is 6.54 Å². The van der Waals surface area contributed by atoms with Gasteiger partial charge >= 0.3 is 6.18 Å². The standard InChI is InChI=1S/C27H30ClF3N4O/c1-17(2)15-35-16-20(14-33-35)18-7-5-8-19(13-18)25(23-11-3-4-12-32-23)34-26(36)21-9-6-10-22(24(21)28)27(29,30)31/h5-10,13-14,16-17,23,25,32H,3-4,11-12,15H2,1-2H3,(H,34,36)/t23-,25-/m0/s1. The van der Waals surface area contributed by atoms with E-state index in [1.165, 1.54) is 12.1 Å². The highest BCUT2D eigenvalue weighted by Gasteiger charge is 2.35. The van der Waals surface area contributed by atoms with Gasteiger partial charge in [-0.25, -0.2) is 0 Å². The lowest BCUT2D eigenvalue weighted by atomic mass is 9.90. The molecule has 4 rings (SSSR count). The van der Waals surface area contributed by atoms with Crippen molar-refractivity contribution >= 4 is 17.5 Å². The number of nitrogens with one attached hydrogen (secondary N) is 2. The van der Waals surface area contributed by atoms with Crippen LogP contribution in [0.25, 0.3) is 11.1 Å². The van der Waals surface area contributed by atoms with E-state index in [-0.39, 0.29) is 11.6 Å². The van der Waals surface area contributed by atoms with Gasteiger partial charge in [0.05, 0.1) is 28.4 Å². The molecule has 1 saturated heterocycles. The van der Waals surface area contributed by atoms with E-state index < -0.39 is 28.7 Å². The van der Waals surface area contributed by atoms with Gasteiger partial charge in [-0.2, -0.15) is 18.3 Å². The van der Waals surface area contributed by atoms with Crippen molar-refractivity contribution in [3.05, 3.63) is 76.6 Å². The van der Waals surface area contributed by atoms with Crippen LogP contribution in [0.3, 0.4) is 0 Å². The van der Waals surface area contributed by atoms with Crippen molar-refractivity contribution in [2.24, 2.45) is 5.92 Å². The summed E-state index contributed by atoms with van der Waals surface area (Å²) in [5, 5.41) is 10.3. The molecule has 9 heteroatoms. The van der Waals surface area contributed by atoms with Gasteiger partial charge < -0.3 is 10.6 Å². The lowest BCUT2D eigenvalue weighted by Gasteiger charge is -2.32. The lowest BCUT2D eigenvalue weighted by Crippen LogP contribution is -2.46. The van der Waals surface area contributed by atoms with Crippen molar-refractivity contribution in [3.8, 4) is 11.1 Å². The minimum absolute atomic E-state index is 0.0637. The van der Waals surface area contributed by atoms with Crippen molar-refractivity contribution in [1.82, 2.24) is 20.4 Å². The Balaban J connectivity index is 1.65. The van der Waals surface area contributed by atoms with Crippen LogP contribution in [0, 0.1) is 5.92 Å². The number of hydrogen-bond donors (Lipinski definition) is 2. The highest BCUT2D eigenvalue weighted by Crippen LogP contribution is 2.36. The van der Waals surface area contributed by atoms with Crippen LogP contribution in [0.4, 0.5) is 13.2 Å². The average molecular weight is 519 g/mol. The quantitative estimate of drug-likeness (QED) is 0.376. The second-order valence-electron chi connectivity index (χ2n) is 9.64. The third-order valence-corrected chi connectivity index (χ3v) is 6.76. The molecule has 192 valence electrons. The topological polar surface area (TPSA) is 59.0 Å². The van der Waals surface area contributed by atoms with Crippen LogP contribution in [0.5, 0.6) is 0 Å². The summed E-state index contributed by atoms with van der Waals surface area (Å²) in [7, 11) is 0. The Morgan fingerprint density at radius 2 is 1.97 bits per heavy atom. The maximum atomic E-state index is 13.4. The van der Waals surface area contributed by atoms with Crippen LogP contribution in [-0.4, -0.2) is 28.3 Å². The molecular weight excluding hydrogens is 489 g/mol. The number of piperidine rings is 1. The van der Waals surface area contributed by atoms with E-state index in [0.29, 0.717) is 5.92 Å². The summed E-state index contributed by atoms with van der Waals surface area (Å²) < 4.78 is 42.0. The number of rotatable bonds is 7. The van der Waals surface area contributed by atoms with E-state index in [0.717, 1.165) is 55.1 Å². The minimum Gasteiger partial charge on any atom is -0.344 e. The van der Waals surface area contributed by atoms with Crippen molar-refractivity contribution in [1.29, 1.82) is 0 Å². The first kappa shape index (κ1) is 26.2. The van der Waals surface area contributed by atoms with E-state index in [9.17, 15) is 18.0 Å². The zero-order chi connectivity index (χ0) is 25.9. The maximum absolute atomic E-state index is 13.4. The number of benzene rings is 2. The van der Waals surface area contributed by atoms with Crippen LogP contribution in [-0.2, 0) is 12.7 Å². The van der Waals surface area contributed by atoms with Crippen LogP contribution < -0.4 is 10.6 Å². The summed E-state index contributed by atoms with van der Waals surface area (Å²) in [6, 6.07) is 10.7. The molecule has 0 radical (unpaired) electrons. The van der Waals surface area contributed by atoms with Gasteiger partial charge in [0.15, 0.2) is 0 Å². The van der Waals surface area contributed by atoms with Gasteiger partial charge in [0.25, 0.3) is 5.91 Å². The predicted molar refractivity (Wildman–Crippen MR) is 135 cm³/mol. The smallest absolute Gasteiger partial charge is 0.344 e. The number of aromatic nitrogens is 2. The number of nitrogens with zero attached hydrogens (tertiary/aromatic N) is 2. The molecule has 1 aliphatic heterocycles.